The molecular weight excluding hydrogens is 424 g/mol. The minimum atomic E-state index is -0.385. The molecule has 5 nitrogen and oxygen atoms in total. The zero-order valence-corrected chi connectivity index (χ0v) is 20.3. The number of aryl methyl sites for hydroxylation is 1. The second-order valence-corrected chi connectivity index (χ2v) is 9.44. The monoisotopic (exact) mass is 454 g/mol. The summed E-state index contributed by atoms with van der Waals surface area (Å²) >= 11 is 0. The van der Waals surface area contributed by atoms with E-state index >= 15 is 0 Å². The molecule has 2 amide bonds. The van der Waals surface area contributed by atoms with Crippen LogP contribution in [0.15, 0.2) is 78.5 Å². The third kappa shape index (κ3) is 4.60. The molecule has 1 aliphatic rings. The number of hydrogen-bond donors (Lipinski definition) is 1. The summed E-state index contributed by atoms with van der Waals surface area (Å²) < 4.78 is 5.50. The average molecular weight is 455 g/mol. The van der Waals surface area contributed by atoms with Crippen molar-refractivity contribution in [3.63, 3.8) is 0 Å². The maximum absolute atomic E-state index is 13.6. The standard InChI is InChI=1S/C29H30N2O3/c1-6-34-24-17-15-23(16-18-24)31-27(32)25(20-9-7-19(2)8-10-20)26(28(31)33)30-22-13-11-21(12-14-22)29(3,4)5/h7-18,30H,6H2,1-5H3. The van der Waals surface area contributed by atoms with Crippen LogP contribution in [0.1, 0.15) is 44.4 Å². The van der Waals surface area contributed by atoms with E-state index in [1.165, 1.54) is 10.5 Å². The van der Waals surface area contributed by atoms with Crippen molar-refractivity contribution in [2.75, 3.05) is 16.8 Å². The van der Waals surface area contributed by atoms with Gasteiger partial charge in [0.05, 0.1) is 17.9 Å². The predicted octanol–water partition coefficient (Wildman–Crippen LogP) is 6.09. The Bertz CT molecular complexity index is 1230. The summed E-state index contributed by atoms with van der Waals surface area (Å²) in [6.07, 6.45) is 0. The summed E-state index contributed by atoms with van der Waals surface area (Å²) in [4.78, 5) is 28.4. The molecule has 0 radical (unpaired) electrons. The van der Waals surface area contributed by atoms with Crippen LogP contribution in [0.4, 0.5) is 11.4 Å². The molecule has 3 aromatic carbocycles. The van der Waals surface area contributed by atoms with Crippen LogP contribution in [0.2, 0.25) is 0 Å². The van der Waals surface area contributed by atoms with Gasteiger partial charge in [-0.15, -0.1) is 0 Å². The van der Waals surface area contributed by atoms with Crippen LogP contribution in [-0.2, 0) is 15.0 Å². The first kappa shape index (κ1) is 23.3. The van der Waals surface area contributed by atoms with Crippen LogP contribution in [0.3, 0.4) is 0 Å². The SMILES string of the molecule is CCOc1ccc(N2C(=O)C(Nc3ccc(C(C)(C)C)cc3)=C(c3ccc(C)cc3)C2=O)cc1. The zero-order valence-electron chi connectivity index (χ0n) is 20.3. The molecule has 0 atom stereocenters. The van der Waals surface area contributed by atoms with E-state index in [4.69, 9.17) is 4.74 Å². The molecule has 4 rings (SSSR count). The lowest BCUT2D eigenvalue weighted by atomic mass is 9.87. The third-order valence-electron chi connectivity index (χ3n) is 5.85. The molecule has 0 spiro atoms. The van der Waals surface area contributed by atoms with E-state index in [9.17, 15) is 9.59 Å². The van der Waals surface area contributed by atoms with Crippen LogP contribution in [0, 0.1) is 6.92 Å². The van der Waals surface area contributed by atoms with E-state index < -0.39 is 0 Å². The Balaban J connectivity index is 1.73. The molecule has 1 aliphatic heterocycles. The number of amides is 2. The minimum absolute atomic E-state index is 0.0223. The van der Waals surface area contributed by atoms with Crippen LogP contribution >= 0.6 is 0 Å². The Morgan fingerprint density at radius 1 is 0.824 bits per heavy atom. The number of nitrogens with one attached hydrogen (secondary N) is 1. The third-order valence-corrected chi connectivity index (χ3v) is 5.85. The van der Waals surface area contributed by atoms with E-state index in [1.807, 2.05) is 62.4 Å². The summed E-state index contributed by atoms with van der Waals surface area (Å²) in [5.74, 6) is -0.0502. The average Bonchev–Trinajstić information content (AvgIpc) is 3.04. The molecule has 34 heavy (non-hydrogen) atoms. The second-order valence-electron chi connectivity index (χ2n) is 9.44. The molecule has 0 fully saturated rings. The second kappa shape index (κ2) is 9.18. The highest BCUT2D eigenvalue weighted by molar-refractivity contribution is 6.46. The van der Waals surface area contributed by atoms with Gasteiger partial charge in [0, 0.05) is 5.69 Å². The van der Waals surface area contributed by atoms with Crippen LogP contribution in [0.5, 0.6) is 5.75 Å². The number of carbonyl (C=O) groups excluding carboxylic acids is 2. The fourth-order valence-corrected chi connectivity index (χ4v) is 3.92. The number of carbonyl (C=O) groups is 2. The largest absolute Gasteiger partial charge is 0.494 e. The topological polar surface area (TPSA) is 58.6 Å². The van der Waals surface area contributed by atoms with E-state index in [0.717, 1.165) is 11.3 Å². The molecule has 0 unspecified atom stereocenters. The van der Waals surface area contributed by atoms with Crippen molar-refractivity contribution >= 4 is 28.8 Å². The van der Waals surface area contributed by atoms with Gasteiger partial charge in [0.15, 0.2) is 0 Å². The molecule has 3 aromatic rings. The summed E-state index contributed by atoms with van der Waals surface area (Å²) in [6.45, 7) is 10.9. The van der Waals surface area contributed by atoms with E-state index in [2.05, 4.69) is 26.1 Å². The predicted molar refractivity (Wildman–Crippen MR) is 137 cm³/mol. The molecule has 0 bridgehead atoms. The lowest BCUT2D eigenvalue weighted by Gasteiger charge is -2.19. The molecule has 1 N–H and O–H groups in total. The lowest BCUT2D eigenvalue weighted by molar-refractivity contribution is -0.120. The van der Waals surface area contributed by atoms with Gasteiger partial charge in [-0.25, -0.2) is 4.90 Å². The maximum Gasteiger partial charge on any atom is 0.282 e. The van der Waals surface area contributed by atoms with Crippen molar-refractivity contribution in [3.8, 4) is 5.75 Å². The van der Waals surface area contributed by atoms with Gasteiger partial charge in [0.2, 0.25) is 0 Å². The number of hydrogen-bond acceptors (Lipinski definition) is 4. The molecule has 0 saturated carbocycles. The molecular formula is C29H30N2O3. The van der Waals surface area contributed by atoms with Crippen molar-refractivity contribution in [1.29, 1.82) is 0 Å². The summed E-state index contributed by atoms with van der Waals surface area (Å²) in [7, 11) is 0. The number of ether oxygens (including phenoxy) is 1. The first-order chi connectivity index (χ1) is 16.2. The van der Waals surface area contributed by atoms with E-state index in [-0.39, 0.29) is 22.9 Å². The van der Waals surface area contributed by atoms with Gasteiger partial charge in [-0.3, -0.25) is 9.59 Å². The van der Waals surface area contributed by atoms with Crippen LogP contribution in [-0.4, -0.2) is 18.4 Å². The molecule has 0 saturated heterocycles. The normalized spacial score (nSPS) is 14.1. The van der Waals surface area contributed by atoms with Gasteiger partial charge in [0.1, 0.15) is 11.4 Å². The maximum atomic E-state index is 13.6. The number of anilines is 2. The van der Waals surface area contributed by atoms with Crippen LogP contribution < -0.4 is 15.0 Å². The van der Waals surface area contributed by atoms with Crippen LogP contribution in [0.25, 0.3) is 5.57 Å². The lowest BCUT2D eigenvalue weighted by Crippen LogP contribution is -2.32. The van der Waals surface area contributed by atoms with Crippen molar-refractivity contribution in [2.24, 2.45) is 0 Å². The quantitative estimate of drug-likeness (QED) is 0.458. The summed E-state index contributed by atoms with van der Waals surface area (Å²) in [6, 6.07) is 22.6. The first-order valence-electron chi connectivity index (χ1n) is 11.5. The highest BCUT2D eigenvalue weighted by Gasteiger charge is 2.40. The number of benzene rings is 3. The zero-order chi connectivity index (χ0) is 24.5. The van der Waals surface area contributed by atoms with Gasteiger partial charge in [-0.1, -0.05) is 62.7 Å². The number of imide groups is 1. The highest BCUT2D eigenvalue weighted by atomic mass is 16.5. The Hall–Kier alpha value is -3.86. The number of nitrogens with zero attached hydrogens (tertiary/aromatic N) is 1. The summed E-state index contributed by atoms with van der Waals surface area (Å²) in [5.41, 5.74) is 4.88. The fraction of sp³-hybridized carbons (Fsp3) is 0.241. The van der Waals surface area contributed by atoms with Gasteiger partial charge in [-0.2, -0.15) is 0 Å². The van der Waals surface area contributed by atoms with Crippen molar-refractivity contribution < 1.29 is 14.3 Å². The Morgan fingerprint density at radius 2 is 1.44 bits per heavy atom. The Morgan fingerprint density at radius 3 is 2.00 bits per heavy atom. The Kier molecular flexibility index (Phi) is 6.29. The first-order valence-corrected chi connectivity index (χ1v) is 11.5. The molecule has 0 aromatic heterocycles. The molecule has 5 heteroatoms. The van der Waals surface area contributed by atoms with E-state index in [1.54, 1.807) is 24.3 Å². The summed E-state index contributed by atoms with van der Waals surface area (Å²) in [5, 5.41) is 3.24. The highest BCUT2D eigenvalue weighted by Crippen LogP contribution is 2.35. The van der Waals surface area contributed by atoms with Crippen molar-refractivity contribution in [3.05, 3.63) is 95.2 Å². The molecule has 174 valence electrons. The smallest absolute Gasteiger partial charge is 0.282 e. The minimum Gasteiger partial charge on any atom is -0.494 e. The van der Waals surface area contributed by atoms with Gasteiger partial charge >= 0.3 is 0 Å². The van der Waals surface area contributed by atoms with Gasteiger partial charge in [-0.05, 0) is 66.8 Å². The number of rotatable bonds is 6. The van der Waals surface area contributed by atoms with Gasteiger partial charge < -0.3 is 10.1 Å². The molecule has 0 aliphatic carbocycles. The van der Waals surface area contributed by atoms with Crippen molar-refractivity contribution in [2.45, 2.75) is 40.0 Å². The van der Waals surface area contributed by atoms with Crippen molar-refractivity contribution in [1.82, 2.24) is 0 Å². The molecule has 1 heterocycles. The van der Waals surface area contributed by atoms with E-state index in [0.29, 0.717) is 29.2 Å². The Labute approximate surface area is 201 Å². The van der Waals surface area contributed by atoms with Gasteiger partial charge in [0.25, 0.3) is 11.8 Å². The fourth-order valence-electron chi connectivity index (χ4n) is 3.92.